The van der Waals surface area contributed by atoms with Gasteiger partial charge in [0.25, 0.3) is 0 Å². The van der Waals surface area contributed by atoms with Crippen LogP contribution in [0.2, 0.25) is 0 Å². The predicted molar refractivity (Wildman–Crippen MR) is 139 cm³/mol. The highest BCUT2D eigenvalue weighted by molar-refractivity contribution is 5.85. The van der Waals surface area contributed by atoms with Crippen molar-refractivity contribution in [3.05, 3.63) is 11.6 Å². The third-order valence-corrected chi connectivity index (χ3v) is 12.4. The molecule has 1 saturated heterocycles. The van der Waals surface area contributed by atoms with Crippen LogP contribution in [0.5, 0.6) is 0 Å². The summed E-state index contributed by atoms with van der Waals surface area (Å²) in [4.78, 5) is 11.8. The molecule has 4 saturated carbocycles. The molecule has 4 N–H and O–H groups in total. The first kappa shape index (κ1) is 28.1. The van der Waals surface area contributed by atoms with E-state index in [4.69, 9.17) is 18.9 Å². The summed E-state index contributed by atoms with van der Waals surface area (Å²) in [6, 6.07) is 0. The van der Waals surface area contributed by atoms with Gasteiger partial charge >= 0.3 is 5.97 Å². The Labute approximate surface area is 230 Å². The summed E-state index contributed by atoms with van der Waals surface area (Å²) in [5.74, 6) is 0.0176. The number of hydrogen-bond acceptors (Lipinski definition) is 9. The van der Waals surface area contributed by atoms with Gasteiger partial charge in [0.15, 0.2) is 6.29 Å². The van der Waals surface area contributed by atoms with Gasteiger partial charge in [0, 0.05) is 18.6 Å². The Morgan fingerprint density at radius 3 is 2.46 bits per heavy atom. The van der Waals surface area contributed by atoms with Gasteiger partial charge < -0.3 is 39.4 Å². The number of esters is 1. The minimum atomic E-state index is -1.21. The molecule has 2 heterocycles. The van der Waals surface area contributed by atoms with E-state index in [1.165, 1.54) is 7.11 Å². The molecule has 0 bridgehead atoms. The van der Waals surface area contributed by atoms with Gasteiger partial charge in [-0.1, -0.05) is 13.8 Å². The third-order valence-electron chi connectivity index (χ3n) is 12.4. The van der Waals surface area contributed by atoms with Crippen molar-refractivity contribution in [2.24, 2.45) is 28.6 Å². The largest absolute Gasteiger partial charge is 0.458 e. The number of carbonyl (C=O) groups is 1. The first-order chi connectivity index (χ1) is 18.4. The molecule has 39 heavy (non-hydrogen) atoms. The summed E-state index contributed by atoms with van der Waals surface area (Å²) >= 11 is 0. The zero-order valence-corrected chi connectivity index (χ0v) is 23.7. The van der Waals surface area contributed by atoms with Gasteiger partial charge in [-0.15, -0.1) is 0 Å². The van der Waals surface area contributed by atoms with E-state index < -0.39 is 47.3 Å². The molecular formula is C30H46O9. The quantitative estimate of drug-likeness (QED) is 0.307. The second-order valence-electron chi connectivity index (χ2n) is 13.9. The van der Waals surface area contributed by atoms with Crippen LogP contribution in [0.4, 0.5) is 0 Å². The summed E-state index contributed by atoms with van der Waals surface area (Å²) in [5.41, 5.74) is -2.08. The minimum absolute atomic E-state index is 0.0264. The number of carbonyl (C=O) groups excluding carboxylic acids is 1. The highest BCUT2D eigenvalue weighted by Gasteiger charge is 2.74. The zero-order valence-electron chi connectivity index (χ0n) is 23.7. The monoisotopic (exact) mass is 550 g/mol. The summed E-state index contributed by atoms with van der Waals surface area (Å²) < 4.78 is 22.7. The second-order valence-corrected chi connectivity index (χ2v) is 13.9. The van der Waals surface area contributed by atoms with E-state index in [0.29, 0.717) is 25.4 Å². The van der Waals surface area contributed by atoms with Crippen molar-refractivity contribution in [3.8, 4) is 0 Å². The van der Waals surface area contributed by atoms with Crippen LogP contribution >= 0.6 is 0 Å². The average molecular weight is 551 g/mol. The number of cyclic esters (lactones) is 1. The summed E-state index contributed by atoms with van der Waals surface area (Å²) in [5, 5.41) is 46.0. The van der Waals surface area contributed by atoms with Crippen molar-refractivity contribution >= 4 is 5.97 Å². The van der Waals surface area contributed by atoms with Gasteiger partial charge in [0.2, 0.25) is 0 Å². The van der Waals surface area contributed by atoms with Gasteiger partial charge in [0.1, 0.15) is 24.9 Å². The maximum absolute atomic E-state index is 12.5. The second kappa shape index (κ2) is 9.48. The molecule has 5 fully saturated rings. The molecule has 13 unspecified atom stereocenters. The Kier molecular flexibility index (Phi) is 6.82. The van der Waals surface area contributed by atoms with Gasteiger partial charge in [-0.05, 0) is 93.5 Å². The maximum atomic E-state index is 12.5. The topological polar surface area (TPSA) is 135 Å². The van der Waals surface area contributed by atoms with Gasteiger partial charge in [-0.3, -0.25) is 0 Å². The number of aliphatic hydroxyl groups excluding tert-OH is 2. The van der Waals surface area contributed by atoms with E-state index in [0.717, 1.165) is 50.5 Å². The molecule has 6 aliphatic rings. The number of aliphatic hydroxyl groups is 4. The average Bonchev–Trinajstić information content (AvgIpc) is 3.44. The molecule has 220 valence electrons. The van der Waals surface area contributed by atoms with Crippen LogP contribution in [-0.4, -0.2) is 88.1 Å². The fourth-order valence-electron chi connectivity index (χ4n) is 10.1. The molecule has 0 aromatic rings. The fourth-order valence-corrected chi connectivity index (χ4v) is 10.1. The van der Waals surface area contributed by atoms with Crippen molar-refractivity contribution in [2.45, 2.75) is 127 Å². The molecule has 6 rings (SSSR count). The Hall–Kier alpha value is -1.07. The smallest absolute Gasteiger partial charge is 0.331 e. The Morgan fingerprint density at radius 2 is 1.77 bits per heavy atom. The van der Waals surface area contributed by atoms with E-state index in [2.05, 4.69) is 13.8 Å². The molecule has 0 radical (unpaired) electrons. The lowest BCUT2D eigenvalue weighted by Crippen LogP contribution is -2.73. The Balaban J connectivity index is 1.19. The van der Waals surface area contributed by atoms with E-state index in [-0.39, 0.29) is 29.3 Å². The van der Waals surface area contributed by atoms with Crippen LogP contribution < -0.4 is 0 Å². The predicted octanol–water partition coefficient (Wildman–Crippen LogP) is 2.23. The lowest BCUT2D eigenvalue weighted by Gasteiger charge is -2.67. The van der Waals surface area contributed by atoms with Crippen LogP contribution in [0.15, 0.2) is 11.6 Å². The standard InChI is InChI=1S/C30H46O9/c1-16-23(32)25(36-4)24(33)26(38-16)39-19-6-9-27(2)18(14-19)5-11-29(34)21(27)8-10-28(3)20(7-12-30(28,29)35)17-13-22(31)37-15-17/h13,16,18-21,23-26,32-35H,5-12,14-15H2,1-4H3. The van der Waals surface area contributed by atoms with E-state index in [9.17, 15) is 25.2 Å². The van der Waals surface area contributed by atoms with Crippen LogP contribution in [-0.2, 0) is 23.7 Å². The molecule has 0 aromatic carbocycles. The molecule has 13 atom stereocenters. The molecule has 9 nitrogen and oxygen atoms in total. The molecular weight excluding hydrogens is 504 g/mol. The van der Waals surface area contributed by atoms with E-state index in [1.54, 1.807) is 13.0 Å². The highest BCUT2D eigenvalue weighted by Crippen LogP contribution is 2.71. The first-order valence-corrected chi connectivity index (χ1v) is 14.9. The van der Waals surface area contributed by atoms with Crippen molar-refractivity contribution in [1.82, 2.24) is 0 Å². The molecule has 0 amide bonds. The zero-order chi connectivity index (χ0) is 28.0. The fraction of sp³-hybridized carbons (Fsp3) is 0.900. The number of methoxy groups -OCH3 is 1. The molecule has 0 aromatic heterocycles. The van der Waals surface area contributed by atoms with Crippen molar-refractivity contribution in [1.29, 1.82) is 0 Å². The van der Waals surface area contributed by atoms with Gasteiger partial charge in [-0.25, -0.2) is 4.79 Å². The SMILES string of the molecule is COC1C(O)C(C)OC(OC2CCC3(C)C(CCC4(O)C3CCC3(C)C(C5=CC(=O)OC5)CCC34O)C2)C1O. The number of fused-ring (bicyclic) bond motifs is 5. The maximum Gasteiger partial charge on any atom is 0.331 e. The Morgan fingerprint density at radius 1 is 1.00 bits per heavy atom. The van der Waals surface area contributed by atoms with Gasteiger partial charge in [-0.2, -0.15) is 0 Å². The number of hydrogen-bond donors (Lipinski definition) is 4. The van der Waals surface area contributed by atoms with Crippen LogP contribution in [0.1, 0.15) is 78.6 Å². The van der Waals surface area contributed by atoms with Crippen LogP contribution in [0, 0.1) is 28.6 Å². The normalized spacial score (nSPS) is 55.3. The number of ether oxygens (including phenoxy) is 4. The van der Waals surface area contributed by atoms with Crippen molar-refractivity contribution in [3.63, 3.8) is 0 Å². The summed E-state index contributed by atoms with van der Waals surface area (Å²) in [6.07, 6.45) is 4.01. The van der Waals surface area contributed by atoms with Crippen LogP contribution in [0.3, 0.4) is 0 Å². The molecule has 0 spiro atoms. The van der Waals surface area contributed by atoms with E-state index >= 15 is 0 Å². The molecule has 2 aliphatic heterocycles. The van der Waals surface area contributed by atoms with Crippen molar-refractivity contribution < 1.29 is 44.2 Å². The van der Waals surface area contributed by atoms with Crippen LogP contribution in [0.25, 0.3) is 0 Å². The Bertz CT molecular complexity index is 1020. The highest BCUT2D eigenvalue weighted by atomic mass is 16.7. The lowest BCUT2D eigenvalue weighted by atomic mass is 9.41. The van der Waals surface area contributed by atoms with Gasteiger partial charge in [0.05, 0.1) is 23.4 Å². The van der Waals surface area contributed by atoms with E-state index in [1.807, 2.05) is 0 Å². The lowest BCUT2D eigenvalue weighted by molar-refractivity contribution is -0.320. The van der Waals surface area contributed by atoms with Crippen molar-refractivity contribution in [2.75, 3.05) is 13.7 Å². The molecule has 4 aliphatic carbocycles. The first-order valence-electron chi connectivity index (χ1n) is 14.9. The third kappa shape index (κ3) is 3.87. The minimum Gasteiger partial charge on any atom is -0.458 e. The number of rotatable bonds is 4. The molecule has 9 heteroatoms. The summed E-state index contributed by atoms with van der Waals surface area (Å²) in [7, 11) is 1.47. The summed E-state index contributed by atoms with van der Waals surface area (Å²) in [6.45, 7) is 6.45.